The van der Waals surface area contributed by atoms with E-state index in [9.17, 15) is 4.79 Å². The largest absolute Gasteiger partial charge is 0.289 e. The second kappa shape index (κ2) is 9.72. The standard InChI is InChI=1S/C31H22OS/c32-31(27-13-11-25(12-14-27)23-7-3-1-4-8-23)28-17-21-30(22-18-28)33-29-19-15-26(16-20-29)24-9-5-2-6-10-24/h1-22H. The molecule has 0 N–H and O–H groups in total. The highest BCUT2D eigenvalue weighted by atomic mass is 32.2. The van der Waals surface area contributed by atoms with Crippen molar-refractivity contribution in [1.29, 1.82) is 0 Å². The fourth-order valence-corrected chi connectivity index (χ4v) is 4.58. The van der Waals surface area contributed by atoms with Gasteiger partial charge in [0.2, 0.25) is 0 Å². The van der Waals surface area contributed by atoms with Crippen LogP contribution in [0.25, 0.3) is 22.3 Å². The van der Waals surface area contributed by atoms with Crippen LogP contribution in [-0.4, -0.2) is 5.78 Å². The van der Waals surface area contributed by atoms with Crippen molar-refractivity contribution >= 4 is 17.5 Å². The number of carbonyl (C=O) groups is 1. The van der Waals surface area contributed by atoms with Gasteiger partial charge < -0.3 is 0 Å². The molecule has 33 heavy (non-hydrogen) atoms. The molecule has 2 heteroatoms. The number of rotatable bonds is 6. The van der Waals surface area contributed by atoms with E-state index in [-0.39, 0.29) is 5.78 Å². The minimum Gasteiger partial charge on any atom is -0.289 e. The van der Waals surface area contributed by atoms with E-state index < -0.39 is 0 Å². The summed E-state index contributed by atoms with van der Waals surface area (Å²) in [6, 6.07) is 44.8. The van der Waals surface area contributed by atoms with Gasteiger partial charge in [-0.05, 0) is 58.7 Å². The number of ketones is 1. The summed E-state index contributed by atoms with van der Waals surface area (Å²) in [5.74, 6) is 0.0402. The van der Waals surface area contributed by atoms with Gasteiger partial charge in [0.15, 0.2) is 5.78 Å². The Morgan fingerprint density at radius 3 is 1.18 bits per heavy atom. The topological polar surface area (TPSA) is 17.1 Å². The molecule has 158 valence electrons. The predicted molar refractivity (Wildman–Crippen MR) is 138 cm³/mol. The molecule has 5 aromatic carbocycles. The third kappa shape index (κ3) is 4.97. The summed E-state index contributed by atoms with van der Waals surface area (Å²) in [7, 11) is 0. The first-order valence-corrected chi connectivity index (χ1v) is 11.7. The van der Waals surface area contributed by atoms with Crippen LogP contribution in [0.3, 0.4) is 0 Å². The van der Waals surface area contributed by atoms with Gasteiger partial charge in [-0.3, -0.25) is 4.79 Å². The Bertz CT molecular complexity index is 1340. The molecule has 0 fully saturated rings. The summed E-state index contributed by atoms with van der Waals surface area (Å²) < 4.78 is 0. The highest BCUT2D eigenvalue weighted by Crippen LogP contribution is 2.30. The zero-order chi connectivity index (χ0) is 22.5. The molecule has 0 unspecified atom stereocenters. The van der Waals surface area contributed by atoms with Crippen molar-refractivity contribution in [1.82, 2.24) is 0 Å². The molecule has 0 atom stereocenters. The molecule has 5 aromatic rings. The van der Waals surface area contributed by atoms with Crippen molar-refractivity contribution in [3.05, 3.63) is 145 Å². The Kier molecular flexibility index (Phi) is 6.19. The number of hydrogen-bond acceptors (Lipinski definition) is 2. The van der Waals surface area contributed by atoms with Crippen molar-refractivity contribution < 1.29 is 4.79 Å². The van der Waals surface area contributed by atoms with Crippen LogP contribution in [0.2, 0.25) is 0 Å². The summed E-state index contributed by atoms with van der Waals surface area (Å²) >= 11 is 1.70. The summed E-state index contributed by atoms with van der Waals surface area (Å²) in [6.45, 7) is 0. The molecule has 0 aliphatic carbocycles. The van der Waals surface area contributed by atoms with Crippen LogP contribution in [-0.2, 0) is 0 Å². The summed E-state index contributed by atoms with van der Waals surface area (Å²) in [4.78, 5) is 15.2. The van der Waals surface area contributed by atoms with Crippen LogP contribution in [0, 0.1) is 0 Å². The molecule has 5 rings (SSSR count). The maximum absolute atomic E-state index is 12.9. The molecule has 0 spiro atoms. The zero-order valence-electron chi connectivity index (χ0n) is 18.0. The van der Waals surface area contributed by atoms with Crippen molar-refractivity contribution in [2.24, 2.45) is 0 Å². The van der Waals surface area contributed by atoms with Gasteiger partial charge in [-0.1, -0.05) is 109 Å². The van der Waals surface area contributed by atoms with Crippen molar-refractivity contribution in [3.8, 4) is 22.3 Å². The number of hydrogen-bond donors (Lipinski definition) is 0. The van der Waals surface area contributed by atoms with Gasteiger partial charge in [-0.25, -0.2) is 0 Å². The molecule has 0 saturated carbocycles. The van der Waals surface area contributed by atoms with Crippen molar-refractivity contribution in [2.45, 2.75) is 9.79 Å². The number of benzene rings is 5. The molecule has 0 aromatic heterocycles. The van der Waals surface area contributed by atoms with Crippen LogP contribution in [0.15, 0.2) is 143 Å². The second-order valence-corrected chi connectivity index (χ2v) is 8.94. The van der Waals surface area contributed by atoms with Crippen LogP contribution in [0.5, 0.6) is 0 Å². The van der Waals surface area contributed by atoms with Gasteiger partial charge in [0, 0.05) is 20.9 Å². The molecule has 0 aliphatic rings. The molecule has 0 bridgehead atoms. The van der Waals surface area contributed by atoms with Crippen molar-refractivity contribution in [3.63, 3.8) is 0 Å². The minimum absolute atomic E-state index is 0.0402. The molecule has 0 radical (unpaired) electrons. The van der Waals surface area contributed by atoms with Crippen LogP contribution >= 0.6 is 11.8 Å². The lowest BCUT2D eigenvalue weighted by Gasteiger charge is -2.07. The average Bonchev–Trinajstić information content (AvgIpc) is 2.90. The Hall–Kier alpha value is -3.88. The Labute approximate surface area is 198 Å². The highest BCUT2D eigenvalue weighted by Gasteiger charge is 2.10. The zero-order valence-corrected chi connectivity index (χ0v) is 18.8. The normalized spacial score (nSPS) is 10.7. The monoisotopic (exact) mass is 442 g/mol. The molecule has 0 saturated heterocycles. The first-order valence-electron chi connectivity index (χ1n) is 10.9. The maximum Gasteiger partial charge on any atom is 0.193 e. The lowest BCUT2D eigenvalue weighted by atomic mass is 9.99. The van der Waals surface area contributed by atoms with E-state index in [1.807, 2.05) is 72.8 Å². The van der Waals surface area contributed by atoms with E-state index in [1.165, 1.54) is 16.0 Å². The van der Waals surface area contributed by atoms with E-state index in [0.29, 0.717) is 11.1 Å². The lowest BCUT2D eigenvalue weighted by Crippen LogP contribution is -2.00. The van der Waals surface area contributed by atoms with Crippen LogP contribution in [0.4, 0.5) is 0 Å². The molecule has 0 aliphatic heterocycles. The minimum atomic E-state index is 0.0402. The van der Waals surface area contributed by atoms with Crippen LogP contribution in [0.1, 0.15) is 15.9 Å². The summed E-state index contributed by atoms with van der Waals surface area (Å²) in [5, 5.41) is 0. The molecule has 0 heterocycles. The lowest BCUT2D eigenvalue weighted by molar-refractivity contribution is 0.103. The Balaban J connectivity index is 1.26. The fourth-order valence-electron chi connectivity index (χ4n) is 3.77. The van der Waals surface area contributed by atoms with Crippen molar-refractivity contribution in [2.75, 3.05) is 0 Å². The average molecular weight is 443 g/mol. The Morgan fingerprint density at radius 2 is 0.727 bits per heavy atom. The van der Waals surface area contributed by atoms with Gasteiger partial charge in [0.1, 0.15) is 0 Å². The molecule has 1 nitrogen and oxygen atoms in total. The smallest absolute Gasteiger partial charge is 0.193 e. The highest BCUT2D eigenvalue weighted by molar-refractivity contribution is 7.99. The first kappa shape index (κ1) is 21.0. The molecular formula is C31H22OS. The Morgan fingerprint density at radius 1 is 0.394 bits per heavy atom. The van der Waals surface area contributed by atoms with Gasteiger partial charge >= 0.3 is 0 Å². The third-order valence-electron chi connectivity index (χ3n) is 5.57. The first-order chi connectivity index (χ1) is 16.3. The fraction of sp³-hybridized carbons (Fsp3) is 0. The van der Waals surface area contributed by atoms with E-state index in [1.54, 1.807) is 11.8 Å². The second-order valence-electron chi connectivity index (χ2n) is 7.79. The summed E-state index contributed by atoms with van der Waals surface area (Å²) in [5.41, 5.74) is 6.08. The molecular weight excluding hydrogens is 420 g/mol. The SMILES string of the molecule is O=C(c1ccc(Sc2ccc(-c3ccccc3)cc2)cc1)c1ccc(-c2ccccc2)cc1. The van der Waals surface area contributed by atoms with Gasteiger partial charge in [-0.15, -0.1) is 0 Å². The molecule has 0 amide bonds. The van der Waals surface area contributed by atoms with E-state index in [0.717, 1.165) is 16.0 Å². The van der Waals surface area contributed by atoms with E-state index >= 15 is 0 Å². The van der Waals surface area contributed by atoms with Crippen LogP contribution < -0.4 is 0 Å². The summed E-state index contributed by atoms with van der Waals surface area (Å²) in [6.07, 6.45) is 0. The maximum atomic E-state index is 12.9. The number of carbonyl (C=O) groups excluding carboxylic acids is 1. The van der Waals surface area contributed by atoms with Gasteiger partial charge in [-0.2, -0.15) is 0 Å². The third-order valence-corrected chi connectivity index (χ3v) is 6.58. The predicted octanol–water partition coefficient (Wildman–Crippen LogP) is 8.40. The van der Waals surface area contributed by atoms with Gasteiger partial charge in [0.05, 0.1) is 0 Å². The van der Waals surface area contributed by atoms with Gasteiger partial charge in [0.25, 0.3) is 0 Å². The quantitative estimate of drug-likeness (QED) is 0.246. The van der Waals surface area contributed by atoms with E-state index in [4.69, 9.17) is 0 Å². The van der Waals surface area contributed by atoms with E-state index in [2.05, 4.69) is 60.7 Å².